The lowest BCUT2D eigenvalue weighted by Crippen LogP contribution is -2.26. The van der Waals surface area contributed by atoms with Gasteiger partial charge in [0.2, 0.25) is 0 Å². The van der Waals surface area contributed by atoms with Gasteiger partial charge >= 0.3 is 0 Å². The highest BCUT2D eigenvalue weighted by Crippen LogP contribution is 2.63. The molecule has 3 aliphatic rings. The minimum atomic E-state index is -0.460. The van der Waals surface area contributed by atoms with Gasteiger partial charge in [-0.2, -0.15) is 0 Å². The van der Waals surface area contributed by atoms with E-state index in [0.717, 1.165) is 44.5 Å². The molecule has 0 saturated carbocycles. The zero-order chi connectivity index (χ0) is 51.0. The number of benzene rings is 11. The lowest BCUT2D eigenvalue weighted by molar-refractivity contribution is 0.660. The fourth-order valence-corrected chi connectivity index (χ4v) is 13.6. The van der Waals surface area contributed by atoms with Gasteiger partial charge in [0.05, 0.1) is 16.4 Å². The van der Waals surface area contributed by atoms with Crippen LogP contribution in [0.1, 0.15) is 47.2 Å². The Morgan fingerprint density at radius 2 is 0.753 bits per heavy atom. The van der Waals surface area contributed by atoms with E-state index in [2.05, 4.69) is 255 Å². The van der Waals surface area contributed by atoms with Gasteiger partial charge in [-0.25, -0.2) is 15.0 Å². The van der Waals surface area contributed by atoms with Crippen molar-refractivity contribution in [2.75, 3.05) is 0 Å². The Labute approximate surface area is 447 Å². The SMILES string of the molecule is CC1(C)c2ccccc2-c2ccc(-c3nc(-c4ccccc4)nc(-c4cccc(-c5cccc6c5c5cc(-c7ccccc7)ccc5n6-c5ccc6c(c5)C5(c7ccccc7-c7ccccc75)c5ccccc5-6)c4)n3)cc21. The molecule has 11 aromatic carbocycles. The van der Waals surface area contributed by atoms with E-state index >= 15 is 0 Å². The second-order valence-electron chi connectivity index (χ2n) is 21.4. The maximum absolute atomic E-state index is 5.33. The first kappa shape index (κ1) is 43.6. The van der Waals surface area contributed by atoms with E-state index in [4.69, 9.17) is 15.0 Å². The average molecular weight is 981 g/mol. The van der Waals surface area contributed by atoms with Gasteiger partial charge in [0, 0.05) is 38.6 Å². The summed E-state index contributed by atoms with van der Waals surface area (Å²) in [6.45, 7) is 4.63. The van der Waals surface area contributed by atoms with Gasteiger partial charge in [-0.3, -0.25) is 0 Å². The van der Waals surface area contributed by atoms with Crippen LogP contribution < -0.4 is 0 Å². The van der Waals surface area contributed by atoms with Crippen molar-refractivity contribution in [2.24, 2.45) is 0 Å². The van der Waals surface area contributed by atoms with E-state index in [1.165, 1.54) is 88.7 Å². The molecule has 3 aliphatic carbocycles. The normalized spacial score (nSPS) is 13.8. The molecule has 16 rings (SSSR count). The molecule has 0 aliphatic heterocycles. The van der Waals surface area contributed by atoms with E-state index in [-0.39, 0.29) is 5.41 Å². The lowest BCUT2D eigenvalue weighted by atomic mass is 9.70. The summed E-state index contributed by atoms with van der Waals surface area (Å²) >= 11 is 0. The highest BCUT2D eigenvalue weighted by atomic mass is 15.0. The lowest BCUT2D eigenvalue weighted by Gasteiger charge is -2.30. The summed E-state index contributed by atoms with van der Waals surface area (Å²) in [6, 6.07) is 93.4. The van der Waals surface area contributed by atoms with Crippen molar-refractivity contribution >= 4 is 21.8 Å². The second kappa shape index (κ2) is 16.4. The molecule has 0 atom stereocenters. The van der Waals surface area contributed by atoms with Crippen molar-refractivity contribution in [1.82, 2.24) is 19.5 Å². The molecule has 360 valence electrons. The molecule has 13 aromatic rings. The highest BCUT2D eigenvalue weighted by molar-refractivity contribution is 6.17. The quantitative estimate of drug-likeness (QED) is 0.167. The third-order valence-electron chi connectivity index (χ3n) is 17.1. The van der Waals surface area contributed by atoms with E-state index in [1.54, 1.807) is 0 Å². The Hall–Kier alpha value is -9.77. The third-order valence-corrected chi connectivity index (χ3v) is 17.1. The van der Waals surface area contributed by atoms with Crippen molar-refractivity contribution in [3.05, 3.63) is 288 Å². The molecule has 77 heavy (non-hydrogen) atoms. The Bertz CT molecular complexity index is 4540. The second-order valence-corrected chi connectivity index (χ2v) is 21.4. The van der Waals surface area contributed by atoms with Gasteiger partial charge in [0.25, 0.3) is 0 Å². The zero-order valence-electron chi connectivity index (χ0n) is 42.5. The molecule has 0 amide bonds. The molecule has 4 heteroatoms. The van der Waals surface area contributed by atoms with Crippen molar-refractivity contribution in [3.63, 3.8) is 0 Å². The van der Waals surface area contributed by atoms with Crippen molar-refractivity contribution in [1.29, 1.82) is 0 Å². The van der Waals surface area contributed by atoms with E-state index in [9.17, 15) is 0 Å². The number of hydrogen-bond acceptors (Lipinski definition) is 3. The molecule has 0 N–H and O–H groups in total. The molecule has 4 nitrogen and oxygen atoms in total. The van der Waals surface area contributed by atoms with Crippen LogP contribution in [0.3, 0.4) is 0 Å². The van der Waals surface area contributed by atoms with Gasteiger partial charge in [-0.1, -0.05) is 226 Å². The summed E-state index contributed by atoms with van der Waals surface area (Å²) in [5.74, 6) is 1.92. The van der Waals surface area contributed by atoms with Crippen molar-refractivity contribution in [3.8, 4) is 95.5 Å². The molecule has 2 aromatic heterocycles. The van der Waals surface area contributed by atoms with Gasteiger partial charge in [-0.15, -0.1) is 0 Å². The van der Waals surface area contributed by atoms with Crippen LogP contribution in [0, 0.1) is 0 Å². The van der Waals surface area contributed by atoms with Crippen LogP contribution in [-0.4, -0.2) is 19.5 Å². The summed E-state index contributed by atoms with van der Waals surface area (Å²) in [6.07, 6.45) is 0. The van der Waals surface area contributed by atoms with E-state index < -0.39 is 5.41 Å². The number of rotatable bonds is 6. The van der Waals surface area contributed by atoms with Crippen LogP contribution in [0.25, 0.3) is 117 Å². The fraction of sp³-hybridized carbons (Fsp3) is 0.0548. The van der Waals surface area contributed by atoms with E-state index in [1.807, 2.05) is 18.2 Å². The molecule has 0 unspecified atom stereocenters. The zero-order valence-corrected chi connectivity index (χ0v) is 42.5. The van der Waals surface area contributed by atoms with E-state index in [0.29, 0.717) is 17.5 Å². The van der Waals surface area contributed by atoms with Crippen LogP contribution in [0.2, 0.25) is 0 Å². The van der Waals surface area contributed by atoms with Crippen molar-refractivity contribution in [2.45, 2.75) is 24.7 Å². The molecule has 0 radical (unpaired) electrons. The Morgan fingerprint density at radius 3 is 1.42 bits per heavy atom. The largest absolute Gasteiger partial charge is 0.309 e. The summed E-state index contributed by atoms with van der Waals surface area (Å²) < 4.78 is 2.50. The van der Waals surface area contributed by atoms with Crippen LogP contribution in [0.5, 0.6) is 0 Å². The summed E-state index contributed by atoms with van der Waals surface area (Å²) in [5.41, 5.74) is 25.9. The monoisotopic (exact) mass is 980 g/mol. The Balaban J connectivity index is 0.890. The first-order valence-electron chi connectivity index (χ1n) is 26.7. The molecular weight excluding hydrogens is 933 g/mol. The number of aromatic nitrogens is 4. The van der Waals surface area contributed by atoms with Gasteiger partial charge < -0.3 is 4.57 Å². The minimum Gasteiger partial charge on any atom is -0.309 e. The number of hydrogen-bond donors (Lipinski definition) is 0. The third kappa shape index (κ3) is 6.24. The smallest absolute Gasteiger partial charge is 0.164 e. The predicted octanol–water partition coefficient (Wildman–Crippen LogP) is 18.0. The molecule has 2 heterocycles. The summed E-state index contributed by atoms with van der Waals surface area (Å²) in [4.78, 5) is 15.8. The van der Waals surface area contributed by atoms with Gasteiger partial charge in [0.15, 0.2) is 17.5 Å². The maximum atomic E-state index is 5.33. The van der Waals surface area contributed by atoms with Gasteiger partial charge in [-0.05, 0) is 131 Å². The molecule has 0 saturated heterocycles. The number of nitrogens with zero attached hydrogens (tertiary/aromatic N) is 4. The van der Waals surface area contributed by atoms with Crippen LogP contribution in [-0.2, 0) is 10.8 Å². The van der Waals surface area contributed by atoms with Crippen LogP contribution >= 0.6 is 0 Å². The maximum Gasteiger partial charge on any atom is 0.164 e. The summed E-state index contributed by atoms with van der Waals surface area (Å²) in [5, 5.41) is 2.38. The van der Waals surface area contributed by atoms with Crippen molar-refractivity contribution < 1.29 is 0 Å². The Morgan fingerprint density at radius 1 is 0.286 bits per heavy atom. The molecule has 1 spiro atoms. The minimum absolute atomic E-state index is 0.163. The Kier molecular flexibility index (Phi) is 9.27. The van der Waals surface area contributed by atoms with Crippen LogP contribution in [0.4, 0.5) is 0 Å². The van der Waals surface area contributed by atoms with Gasteiger partial charge in [0.1, 0.15) is 0 Å². The molecular formula is C73H48N4. The number of fused-ring (bicyclic) bond motifs is 16. The molecule has 0 fully saturated rings. The average Bonchev–Trinajstić information content (AvgIpc) is 4.22. The first-order valence-corrected chi connectivity index (χ1v) is 26.7. The predicted molar refractivity (Wildman–Crippen MR) is 315 cm³/mol. The fourth-order valence-electron chi connectivity index (χ4n) is 13.6. The highest BCUT2D eigenvalue weighted by Gasteiger charge is 2.51. The first-order chi connectivity index (χ1) is 37.9. The van der Waals surface area contributed by atoms with Crippen LogP contribution in [0.15, 0.2) is 255 Å². The topological polar surface area (TPSA) is 43.6 Å². The standard InChI is InChI=1S/C73H48N4/c1-72(2)60-30-13-9-25-53(60)57-38-35-50(43-64(57)72)71-75-69(46-21-7-4-8-22-46)74-70(76-71)49-24-17-23-48(41-49)52-29-18-34-67-68(52)59-42-47(45-19-5-3-6-20-45)36-40-66(59)77(67)51-37-39-58-56-28-12-16-33-63(56)73(65(58)44-51)61-31-14-10-26-54(61)55-27-11-15-32-62(55)73/h3-44H,1-2H3. The molecule has 0 bridgehead atoms. The summed E-state index contributed by atoms with van der Waals surface area (Å²) in [7, 11) is 0.